The van der Waals surface area contributed by atoms with Gasteiger partial charge in [-0.05, 0) is 24.6 Å². The summed E-state index contributed by atoms with van der Waals surface area (Å²) in [5.41, 5.74) is 2.05. The third kappa shape index (κ3) is 2.67. The van der Waals surface area contributed by atoms with E-state index >= 15 is 0 Å². The summed E-state index contributed by atoms with van der Waals surface area (Å²) in [5, 5.41) is 0. The minimum atomic E-state index is -0.212. The van der Waals surface area contributed by atoms with Crippen molar-refractivity contribution in [3.63, 3.8) is 0 Å². The molecule has 0 aromatic heterocycles. The lowest BCUT2D eigenvalue weighted by molar-refractivity contribution is 0.628. The highest BCUT2D eigenvalue weighted by Gasteiger charge is 1.90. The molecular weight excluding hydrogens is 175 g/mol. The van der Waals surface area contributed by atoms with Gasteiger partial charge < -0.3 is 0 Å². The van der Waals surface area contributed by atoms with Gasteiger partial charge >= 0.3 is 0 Å². The van der Waals surface area contributed by atoms with Crippen molar-refractivity contribution in [3.05, 3.63) is 41.2 Å². The SMILES string of the molecule is C/C(=C\c1ccc(F)cc1)CCl. The molecule has 0 aliphatic rings. The first kappa shape index (κ1) is 9.27. The van der Waals surface area contributed by atoms with Crippen LogP contribution in [0.3, 0.4) is 0 Å². The molecular formula is C10H10ClF. The fraction of sp³-hybridized carbons (Fsp3) is 0.200. The average molecular weight is 185 g/mol. The van der Waals surface area contributed by atoms with Gasteiger partial charge in [0.05, 0.1) is 0 Å². The predicted molar refractivity (Wildman–Crippen MR) is 50.8 cm³/mol. The Morgan fingerprint density at radius 3 is 2.50 bits per heavy atom. The van der Waals surface area contributed by atoms with Crippen molar-refractivity contribution in [2.45, 2.75) is 6.92 Å². The third-order valence-electron chi connectivity index (χ3n) is 1.49. The summed E-state index contributed by atoms with van der Waals surface area (Å²) in [7, 11) is 0. The second-order valence-corrected chi connectivity index (χ2v) is 2.94. The van der Waals surface area contributed by atoms with Crippen molar-refractivity contribution >= 4 is 17.7 Å². The van der Waals surface area contributed by atoms with Gasteiger partial charge in [-0.1, -0.05) is 23.8 Å². The molecule has 0 aliphatic carbocycles. The van der Waals surface area contributed by atoms with Gasteiger partial charge in [0.1, 0.15) is 5.82 Å². The molecule has 0 radical (unpaired) electrons. The zero-order valence-corrected chi connectivity index (χ0v) is 7.61. The van der Waals surface area contributed by atoms with Crippen LogP contribution in [0.5, 0.6) is 0 Å². The number of rotatable bonds is 2. The fourth-order valence-corrected chi connectivity index (χ4v) is 0.959. The maximum absolute atomic E-state index is 12.5. The van der Waals surface area contributed by atoms with E-state index in [1.807, 2.05) is 13.0 Å². The van der Waals surface area contributed by atoms with Gasteiger partial charge in [0.25, 0.3) is 0 Å². The molecule has 0 saturated heterocycles. The van der Waals surface area contributed by atoms with Crippen LogP contribution in [-0.4, -0.2) is 5.88 Å². The van der Waals surface area contributed by atoms with E-state index < -0.39 is 0 Å². The van der Waals surface area contributed by atoms with Gasteiger partial charge in [0.15, 0.2) is 0 Å². The first-order valence-electron chi connectivity index (χ1n) is 3.71. The molecule has 0 aliphatic heterocycles. The summed E-state index contributed by atoms with van der Waals surface area (Å²) in [6, 6.07) is 6.33. The molecule has 0 fully saturated rings. The summed E-state index contributed by atoms with van der Waals surface area (Å²) in [4.78, 5) is 0. The summed E-state index contributed by atoms with van der Waals surface area (Å²) in [6.45, 7) is 1.94. The normalized spacial score (nSPS) is 11.8. The van der Waals surface area contributed by atoms with Crippen molar-refractivity contribution in [2.24, 2.45) is 0 Å². The van der Waals surface area contributed by atoms with Gasteiger partial charge in [0, 0.05) is 5.88 Å². The lowest BCUT2D eigenvalue weighted by Crippen LogP contribution is -1.79. The molecule has 1 aromatic rings. The number of hydrogen-bond acceptors (Lipinski definition) is 0. The van der Waals surface area contributed by atoms with E-state index in [-0.39, 0.29) is 5.82 Å². The maximum Gasteiger partial charge on any atom is 0.123 e. The molecule has 0 heterocycles. The minimum absolute atomic E-state index is 0.212. The predicted octanol–water partition coefficient (Wildman–Crippen LogP) is 3.47. The topological polar surface area (TPSA) is 0 Å². The van der Waals surface area contributed by atoms with Crippen LogP contribution in [0.4, 0.5) is 4.39 Å². The largest absolute Gasteiger partial charge is 0.207 e. The minimum Gasteiger partial charge on any atom is -0.207 e. The zero-order chi connectivity index (χ0) is 8.97. The monoisotopic (exact) mass is 184 g/mol. The lowest BCUT2D eigenvalue weighted by Gasteiger charge is -1.95. The molecule has 0 saturated carbocycles. The number of halogens is 2. The molecule has 0 unspecified atom stereocenters. The second kappa shape index (κ2) is 4.27. The Kier molecular flexibility index (Phi) is 3.30. The van der Waals surface area contributed by atoms with Crippen LogP contribution in [0.2, 0.25) is 0 Å². The molecule has 64 valence electrons. The van der Waals surface area contributed by atoms with Crippen molar-refractivity contribution in [3.8, 4) is 0 Å². The Morgan fingerprint density at radius 2 is 2.00 bits per heavy atom. The Morgan fingerprint density at radius 1 is 1.42 bits per heavy atom. The number of allylic oxidation sites excluding steroid dienone is 1. The molecule has 0 nitrogen and oxygen atoms in total. The van der Waals surface area contributed by atoms with Crippen LogP contribution in [0.25, 0.3) is 6.08 Å². The second-order valence-electron chi connectivity index (χ2n) is 2.68. The van der Waals surface area contributed by atoms with Gasteiger partial charge in [0.2, 0.25) is 0 Å². The first-order valence-corrected chi connectivity index (χ1v) is 4.24. The molecule has 0 atom stereocenters. The first-order chi connectivity index (χ1) is 5.72. The van der Waals surface area contributed by atoms with Crippen molar-refractivity contribution in [2.75, 3.05) is 5.88 Å². The van der Waals surface area contributed by atoms with Crippen molar-refractivity contribution < 1.29 is 4.39 Å². The molecule has 1 rings (SSSR count). The number of hydrogen-bond donors (Lipinski definition) is 0. The Labute approximate surface area is 76.7 Å². The average Bonchev–Trinajstić information content (AvgIpc) is 2.09. The Bertz CT molecular complexity index is 274. The highest BCUT2D eigenvalue weighted by atomic mass is 35.5. The van der Waals surface area contributed by atoms with Gasteiger partial charge in [-0.15, -0.1) is 11.6 Å². The van der Waals surface area contributed by atoms with Crippen molar-refractivity contribution in [1.82, 2.24) is 0 Å². The van der Waals surface area contributed by atoms with E-state index in [1.165, 1.54) is 12.1 Å². The van der Waals surface area contributed by atoms with Crippen LogP contribution in [0.1, 0.15) is 12.5 Å². The van der Waals surface area contributed by atoms with Crippen LogP contribution in [0, 0.1) is 5.82 Å². The molecule has 0 N–H and O–H groups in total. The van der Waals surface area contributed by atoms with Gasteiger partial charge in [-0.3, -0.25) is 0 Å². The zero-order valence-electron chi connectivity index (χ0n) is 6.85. The molecule has 12 heavy (non-hydrogen) atoms. The maximum atomic E-state index is 12.5. The molecule has 0 spiro atoms. The van der Waals surface area contributed by atoms with Gasteiger partial charge in [-0.2, -0.15) is 0 Å². The Balaban J connectivity index is 2.84. The molecule has 0 bridgehead atoms. The highest BCUT2D eigenvalue weighted by Crippen LogP contribution is 2.08. The van der Waals surface area contributed by atoms with Crippen LogP contribution < -0.4 is 0 Å². The third-order valence-corrected chi connectivity index (χ3v) is 1.92. The molecule has 0 amide bonds. The van der Waals surface area contributed by atoms with Crippen LogP contribution in [0.15, 0.2) is 29.8 Å². The number of alkyl halides is 1. The van der Waals surface area contributed by atoms with E-state index in [0.29, 0.717) is 5.88 Å². The van der Waals surface area contributed by atoms with Crippen LogP contribution in [-0.2, 0) is 0 Å². The highest BCUT2D eigenvalue weighted by molar-refractivity contribution is 6.19. The molecule has 2 heteroatoms. The summed E-state index contributed by atoms with van der Waals surface area (Å²) < 4.78 is 12.5. The van der Waals surface area contributed by atoms with E-state index in [0.717, 1.165) is 11.1 Å². The van der Waals surface area contributed by atoms with Gasteiger partial charge in [-0.25, -0.2) is 4.39 Å². The standard InChI is InChI=1S/C10H10ClF/c1-8(7-11)6-9-2-4-10(12)5-3-9/h2-6H,7H2,1H3/b8-6+. The summed E-state index contributed by atoms with van der Waals surface area (Å²) >= 11 is 5.59. The molecule has 1 aromatic carbocycles. The lowest BCUT2D eigenvalue weighted by atomic mass is 10.1. The quantitative estimate of drug-likeness (QED) is 0.618. The summed E-state index contributed by atoms with van der Waals surface area (Å²) in [6.07, 6.45) is 1.94. The number of benzene rings is 1. The summed E-state index contributed by atoms with van der Waals surface area (Å²) in [5.74, 6) is 0.299. The van der Waals surface area contributed by atoms with E-state index in [9.17, 15) is 4.39 Å². The fourth-order valence-electron chi connectivity index (χ4n) is 0.882. The van der Waals surface area contributed by atoms with E-state index in [1.54, 1.807) is 12.1 Å². The van der Waals surface area contributed by atoms with Crippen LogP contribution >= 0.6 is 11.6 Å². The smallest absolute Gasteiger partial charge is 0.123 e. The van der Waals surface area contributed by atoms with Crippen molar-refractivity contribution in [1.29, 1.82) is 0 Å². The van der Waals surface area contributed by atoms with E-state index in [2.05, 4.69) is 0 Å². The van der Waals surface area contributed by atoms with E-state index in [4.69, 9.17) is 11.6 Å². The Hall–Kier alpha value is -0.820.